The van der Waals surface area contributed by atoms with Crippen LogP contribution in [0.25, 0.3) is 0 Å². The minimum atomic E-state index is -2.09. The topological polar surface area (TPSA) is 408 Å². The van der Waals surface area contributed by atoms with E-state index in [0.29, 0.717) is 0 Å². The fourth-order valence-electron chi connectivity index (χ4n) is 7.33. The number of hydrogen-bond donors (Lipinski definition) is 16. The Hall–Kier alpha value is -2.82. The number of hydrogen-bond acceptors (Lipinski definition) is 23. The van der Waals surface area contributed by atoms with Crippen molar-refractivity contribution in [1.29, 1.82) is 0 Å². The van der Waals surface area contributed by atoms with Crippen molar-refractivity contribution in [3.8, 4) is 0 Å². The van der Waals surface area contributed by atoms with E-state index in [0.717, 1.165) is 13.8 Å². The van der Waals surface area contributed by atoms with Gasteiger partial charge in [0, 0.05) is 26.9 Å². The molecule has 3 amide bonds. The molecule has 0 aromatic heterocycles. The van der Waals surface area contributed by atoms with Crippen molar-refractivity contribution in [2.45, 2.75) is 163 Å². The molecule has 20 atom stereocenters. The smallest absolute Gasteiger partial charge is 0.407 e. The highest BCUT2D eigenvalue weighted by Gasteiger charge is 2.56. The van der Waals surface area contributed by atoms with Crippen LogP contribution >= 0.6 is 12.2 Å². The van der Waals surface area contributed by atoms with Crippen molar-refractivity contribution in [2.24, 2.45) is 0 Å². The van der Waals surface area contributed by atoms with E-state index in [1.54, 1.807) is 20.8 Å². The number of ether oxygens (including phenoxy) is 8. The van der Waals surface area contributed by atoms with Crippen LogP contribution < -0.4 is 26.6 Å². The van der Waals surface area contributed by atoms with E-state index < -0.39 is 173 Å². The third-order valence-corrected chi connectivity index (χ3v) is 10.7. The van der Waals surface area contributed by atoms with Gasteiger partial charge < -0.3 is 121 Å². The molecule has 64 heavy (non-hydrogen) atoms. The lowest BCUT2D eigenvalue weighted by molar-refractivity contribution is -0.374. The first kappa shape index (κ1) is 53.8. The second kappa shape index (κ2) is 23.8. The molecule has 4 rings (SSSR count). The molecule has 16 N–H and O–H groups in total. The van der Waals surface area contributed by atoms with Gasteiger partial charge in [-0.25, -0.2) is 4.79 Å². The van der Waals surface area contributed by atoms with Gasteiger partial charge >= 0.3 is 6.09 Å². The van der Waals surface area contributed by atoms with Crippen molar-refractivity contribution in [3.63, 3.8) is 0 Å². The standard InChI is InChI=1S/C36H63N5O22S/c1-12(46)39-18-23(51)27(17(11-45)56-30(18)41-34(64)37-6-7-38-35(55)63-36(3,4)5)60-33-26(54)29(22(50)16(10-44)59-33)62-31-19(40-13(2)47)28(21(49)15(9-43)57-31)61-32-25(53)24(52)20(48)14(8-42)58-32/h14-33,42-45,48-54H,6-11H2,1-5H3,(H,38,55)(H,39,46)(H,40,47)(H2,37,41,64)/t14-,15-,16-,17-,18-,19-,20+,21-,22+,23-,24+,25-,26-,27-,28-,29+,30-,31+,32+,33+/m1/s1. The van der Waals surface area contributed by atoms with Crippen LogP contribution in [0.2, 0.25) is 0 Å². The van der Waals surface area contributed by atoms with Crippen molar-refractivity contribution in [1.82, 2.24) is 26.6 Å². The molecule has 27 nitrogen and oxygen atoms in total. The van der Waals surface area contributed by atoms with Crippen LogP contribution in [-0.4, -0.2) is 247 Å². The number of thiocarbonyl (C=S) groups is 1. The van der Waals surface area contributed by atoms with Gasteiger partial charge in [-0.2, -0.15) is 0 Å². The molecule has 4 fully saturated rings. The van der Waals surface area contributed by atoms with E-state index in [-0.39, 0.29) is 18.2 Å². The Bertz CT molecular complexity index is 1540. The molecular weight excluding hydrogens is 886 g/mol. The Morgan fingerprint density at radius 3 is 1.55 bits per heavy atom. The molecule has 4 aliphatic heterocycles. The first-order chi connectivity index (χ1) is 30.0. The molecule has 0 radical (unpaired) electrons. The van der Waals surface area contributed by atoms with E-state index in [9.17, 15) is 70.6 Å². The summed E-state index contributed by atoms with van der Waals surface area (Å²) in [6, 6.07) is -3.01. The van der Waals surface area contributed by atoms with Gasteiger partial charge in [0.1, 0.15) is 103 Å². The van der Waals surface area contributed by atoms with Gasteiger partial charge in [-0.1, -0.05) is 0 Å². The minimum Gasteiger partial charge on any atom is -0.444 e. The van der Waals surface area contributed by atoms with Gasteiger partial charge in [-0.3, -0.25) is 9.59 Å². The Morgan fingerprint density at radius 2 is 1.00 bits per heavy atom. The summed E-state index contributed by atoms with van der Waals surface area (Å²) in [5.74, 6) is -1.43. The number of carbonyl (C=O) groups is 3. The monoisotopic (exact) mass is 949 g/mol. The Kier molecular flexibility index (Phi) is 20.0. The molecule has 28 heteroatoms. The maximum atomic E-state index is 12.5. The average molecular weight is 950 g/mol. The zero-order valence-electron chi connectivity index (χ0n) is 35.6. The molecule has 0 saturated carbocycles. The van der Waals surface area contributed by atoms with Crippen LogP contribution in [0.1, 0.15) is 34.6 Å². The van der Waals surface area contributed by atoms with Crippen LogP contribution in [-0.2, 0) is 47.5 Å². The number of aliphatic hydroxyl groups is 11. The second-order valence-electron chi connectivity index (χ2n) is 16.5. The maximum Gasteiger partial charge on any atom is 0.407 e. The minimum absolute atomic E-state index is 0.0558. The molecular formula is C36H63N5O22S. The fourth-order valence-corrected chi connectivity index (χ4v) is 7.55. The van der Waals surface area contributed by atoms with E-state index >= 15 is 0 Å². The molecule has 0 aromatic rings. The Balaban J connectivity index is 1.54. The lowest BCUT2D eigenvalue weighted by atomic mass is 9.94. The van der Waals surface area contributed by atoms with Crippen LogP contribution in [0, 0.1) is 0 Å². The largest absolute Gasteiger partial charge is 0.444 e. The molecule has 4 heterocycles. The number of amides is 3. The van der Waals surface area contributed by atoms with Crippen LogP contribution in [0.5, 0.6) is 0 Å². The van der Waals surface area contributed by atoms with Crippen molar-refractivity contribution >= 4 is 35.2 Å². The summed E-state index contributed by atoms with van der Waals surface area (Å²) in [5, 5.41) is 130. The van der Waals surface area contributed by atoms with Gasteiger partial charge in [0.15, 0.2) is 30.2 Å². The highest BCUT2D eigenvalue weighted by Crippen LogP contribution is 2.34. The predicted octanol–water partition coefficient (Wildman–Crippen LogP) is -8.46. The summed E-state index contributed by atoms with van der Waals surface area (Å²) < 4.78 is 45.7. The second-order valence-corrected chi connectivity index (χ2v) is 16.9. The fraction of sp³-hybridized carbons (Fsp3) is 0.889. The first-order valence-electron chi connectivity index (χ1n) is 20.4. The zero-order chi connectivity index (χ0) is 47.8. The van der Waals surface area contributed by atoms with Crippen LogP contribution in [0.3, 0.4) is 0 Å². The molecule has 0 aliphatic carbocycles. The number of nitrogens with one attached hydrogen (secondary N) is 5. The molecule has 0 spiro atoms. The van der Waals surface area contributed by atoms with Gasteiger partial charge in [-0.05, 0) is 33.0 Å². The number of rotatable bonds is 16. The maximum absolute atomic E-state index is 12.5. The summed E-state index contributed by atoms with van der Waals surface area (Å²) in [6.07, 6.45) is -32.3. The Morgan fingerprint density at radius 1 is 0.531 bits per heavy atom. The van der Waals surface area contributed by atoms with Gasteiger partial charge in [0.05, 0.1) is 26.4 Å². The number of aliphatic hydroxyl groups excluding tert-OH is 11. The predicted molar refractivity (Wildman–Crippen MR) is 213 cm³/mol. The lowest BCUT2D eigenvalue weighted by Crippen LogP contribution is -2.71. The SMILES string of the molecule is CC(=O)N[C@@H]1[C@@H](O)[C@H](O[C@@H]2O[C@H](CO)[C@H](O)[C@H](O[C@@H]3O[C@H](CO)[C@@H](O)[C@H](O[C@@H]4O[C@H](CO)[C@H](O)[C@H](O)[C@H]4O)[C@H]3NC(C)=O)[C@H]2O)[C@@H](CO)O[C@H]1NC(=S)NCCNC(=O)OC(C)(C)C. The average Bonchev–Trinajstić information content (AvgIpc) is 3.22. The van der Waals surface area contributed by atoms with Crippen molar-refractivity contribution in [3.05, 3.63) is 0 Å². The summed E-state index contributed by atoms with van der Waals surface area (Å²) in [6.45, 7) is 3.93. The molecule has 0 unspecified atom stereocenters. The number of carbonyl (C=O) groups excluding carboxylic acids is 3. The van der Waals surface area contributed by atoms with Crippen molar-refractivity contribution in [2.75, 3.05) is 39.5 Å². The van der Waals surface area contributed by atoms with E-state index in [4.69, 9.17) is 50.1 Å². The Labute approximate surface area is 372 Å². The third kappa shape index (κ3) is 13.6. The molecule has 0 aromatic carbocycles. The van der Waals surface area contributed by atoms with Crippen LogP contribution in [0.15, 0.2) is 0 Å². The van der Waals surface area contributed by atoms with Crippen LogP contribution in [0.4, 0.5) is 4.79 Å². The molecule has 0 bridgehead atoms. The molecule has 4 aliphatic rings. The highest BCUT2D eigenvalue weighted by atomic mass is 32.1. The molecule has 370 valence electrons. The van der Waals surface area contributed by atoms with Gasteiger partial charge in [0.2, 0.25) is 11.8 Å². The lowest BCUT2D eigenvalue weighted by Gasteiger charge is -2.50. The zero-order valence-corrected chi connectivity index (χ0v) is 36.4. The van der Waals surface area contributed by atoms with E-state index in [1.165, 1.54) is 0 Å². The summed E-state index contributed by atoms with van der Waals surface area (Å²) in [5.41, 5.74) is -0.724. The highest BCUT2D eigenvalue weighted by molar-refractivity contribution is 7.80. The summed E-state index contributed by atoms with van der Waals surface area (Å²) in [4.78, 5) is 36.8. The first-order valence-corrected chi connectivity index (χ1v) is 20.8. The van der Waals surface area contributed by atoms with Crippen molar-refractivity contribution < 1.29 is 108 Å². The quantitative estimate of drug-likeness (QED) is 0.0505. The summed E-state index contributed by atoms with van der Waals surface area (Å²) >= 11 is 5.34. The number of alkyl carbamates (subject to hydrolysis) is 1. The van der Waals surface area contributed by atoms with Gasteiger partial charge in [0.25, 0.3) is 0 Å². The van der Waals surface area contributed by atoms with Gasteiger partial charge in [-0.15, -0.1) is 0 Å². The molecule has 4 saturated heterocycles. The van der Waals surface area contributed by atoms with E-state index in [2.05, 4.69) is 26.6 Å². The third-order valence-electron chi connectivity index (χ3n) is 10.4. The summed E-state index contributed by atoms with van der Waals surface area (Å²) in [7, 11) is 0. The van der Waals surface area contributed by atoms with E-state index in [1.807, 2.05) is 0 Å². The normalized spacial score (nSPS) is 40.4.